The first-order valence-corrected chi connectivity index (χ1v) is 7.87. The Morgan fingerprint density at radius 1 is 1.50 bits per heavy atom. The van der Waals surface area contributed by atoms with Crippen LogP contribution in [0.2, 0.25) is 0 Å². The van der Waals surface area contributed by atoms with Crippen molar-refractivity contribution in [2.45, 2.75) is 52.1 Å². The fourth-order valence-electron chi connectivity index (χ4n) is 2.78. The van der Waals surface area contributed by atoms with Crippen molar-refractivity contribution in [3.63, 3.8) is 0 Å². The van der Waals surface area contributed by atoms with Crippen LogP contribution < -0.4 is 5.73 Å². The average Bonchev–Trinajstić information content (AvgIpc) is 2.62. The van der Waals surface area contributed by atoms with Crippen LogP contribution in [0.1, 0.15) is 49.9 Å². The second kappa shape index (κ2) is 6.13. The van der Waals surface area contributed by atoms with Crippen molar-refractivity contribution < 1.29 is 0 Å². The molecule has 1 aliphatic rings. The molecule has 0 amide bonds. The lowest BCUT2D eigenvalue weighted by atomic mass is 10.0. The Morgan fingerprint density at radius 3 is 2.89 bits per heavy atom. The molecule has 102 valence electrons. The van der Waals surface area contributed by atoms with Gasteiger partial charge in [0, 0.05) is 23.7 Å². The highest BCUT2D eigenvalue weighted by Gasteiger charge is 2.31. The third kappa shape index (κ3) is 3.31. The summed E-state index contributed by atoms with van der Waals surface area (Å²) in [7, 11) is 0. The maximum absolute atomic E-state index is 6.41. The molecule has 0 radical (unpaired) electrons. The lowest BCUT2D eigenvalue weighted by Gasteiger charge is -2.33. The third-order valence-corrected chi connectivity index (χ3v) is 4.55. The Balaban J connectivity index is 2.22. The minimum absolute atomic E-state index is 0.233. The summed E-state index contributed by atoms with van der Waals surface area (Å²) >= 11 is 1.77. The number of thiazole rings is 1. The zero-order valence-electron chi connectivity index (χ0n) is 11.7. The standard InChI is InChI=1S/C14H25N3S/c1-10(2)8-17-7-5-4-6-12(15)13(17)14-16-11(3)9-18-14/h9-10,12-13H,4-8,15H2,1-3H3. The van der Waals surface area contributed by atoms with E-state index in [1.807, 2.05) is 0 Å². The Labute approximate surface area is 114 Å². The van der Waals surface area contributed by atoms with Crippen molar-refractivity contribution in [3.05, 3.63) is 16.1 Å². The van der Waals surface area contributed by atoms with E-state index < -0.39 is 0 Å². The van der Waals surface area contributed by atoms with Gasteiger partial charge in [-0.25, -0.2) is 4.98 Å². The summed E-state index contributed by atoms with van der Waals surface area (Å²) < 4.78 is 0. The minimum atomic E-state index is 0.233. The van der Waals surface area contributed by atoms with Crippen molar-refractivity contribution in [2.75, 3.05) is 13.1 Å². The molecule has 1 saturated heterocycles. The molecule has 2 unspecified atom stereocenters. The molecule has 0 saturated carbocycles. The van der Waals surface area contributed by atoms with Gasteiger partial charge in [-0.05, 0) is 32.2 Å². The third-order valence-electron chi connectivity index (χ3n) is 3.52. The molecule has 2 N–H and O–H groups in total. The van der Waals surface area contributed by atoms with E-state index in [1.165, 1.54) is 17.8 Å². The summed E-state index contributed by atoms with van der Waals surface area (Å²) in [6, 6.07) is 0.561. The van der Waals surface area contributed by atoms with E-state index in [-0.39, 0.29) is 6.04 Å². The summed E-state index contributed by atoms with van der Waals surface area (Å²) in [6.07, 6.45) is 3.63. The number of rotatable bonds is 3. The lowest BCUT2D eigenvalue weighted by Crippen LogP contribution is -2.41. The maximum Gasteiger partial charge on any atom is 0.112 e. The molecule has 1 fully saturated rings. The van der Waals surface area contributed by atoms with E-state index in [1.54, 1.807) is 11.3 Å². The molecule has 0 spiro atoms. The van der Waals surface area contributed by atoms with Gasteiger partial charge < -0.3 is 5.73 Å². The lowest BCUT2D eigenvalue weighted by molar-refractivity contribution is 0.165. The second-order valence-electron chi connectivity index (χ2n) is 5.82. The van der Waals surface area contributed by atoms with Crippen LogP contribution in [0, 0.1) is 12.8 Å². The highest BCUT2D eigenvalue weighted by atomic mass is 32.1. The number of aryl methyl sites for hydroxylation is 1. The van der Waals surface area contributed by atoms with Crippen LogP contribution in [0.25, 0.3) is 0 Å². The molecule has 3 nitrogen and oxygen atoms in total. The number of hydrogen-bond acceptors (Lipinski definition) is 4. The first-order valence-electron chi connectivity index (χ1n) is 6.99. The Bertz CT molecular complexity index is 375. The fraction of sp³-hybridized carbons (Fsp3) is 0.786. The zero-order valence-corrected chi connectivity index (χ0v) is 12.5. The topological polar surface area (TPSA) is 42.1 Å². The predicted octanol–water partition coefficient (Wildman–Crippen LogP) is 2.96. The molecule has 0 bridgehead atoms. The first kappa shape index (κ1) is 14.0. The molecule has 2 heterocycles. The SMILES string of the molecule is Cc1csc(C2C(N)CCCCN2CC(C)C)n1. The van der Waals surface area contributed by atoms with E-state index in [2.05, 4.69) is 36.0 Å². The first-order chi connectivity index (χ1) is 8.58. The number of likely N-dealkylation sites (tertiary alicyclic amines) is 1. The van der Waals surface area contributed by atoms with Crippen LogP contribution in [0.15, 0.2) is 5.38 Å². The predicted molar refractivity (Wildman–Crippen MR) is 77.8 cm³/mol. The van der Waals surface area contributed by atoms with Crippen LogP contribution in [-0.4, -0.2) is 29.0 Å². The quantitative estimate of drug-likeness (QED) is 0.915. The van der Waals surface area contributed by atoms with Crippen LogP contribution >= 0.6 is 11.3 Å². The van der Waals surface area contributed by atoms with Gasteiger partial charge in [-0.15, -0.1) is 11.3 Å². The van der Waals surface area contributed by atoms with Gasteiger partial charge in [0.15, 0.2) is 0 Å². The molecule has 1 aliphatic heterocycles. The molecular weight excluding hydrogens is 242 g/mol. The van der Waals surface area contributed by atoms with E-state index in [9.17, 15) is 0 Å². The van der Waals surface area contributed by atoms with Gasteiger partial charge in [0.05, 0.1) is 6.04 Å². The molecule has 4 heteroatoms. The molecule has 2 atom stereocenters. The van der Waals surface area contributed by atoms with Gasteiger partial charge in [0.2, 0.25) is 0 Å². The van der Waals surface area contributed by atoms with Crippen LogP contribution in [-0.2, 0) is 0 Å². The average molecular weight is 267 g/mol. The zero-order chi connectivity index (χ0) is 13.1. The molecule has 18 heavy (non-hydrogen) atoms. The van der Waals surface area contributed by atoms with Gasteiger partial charge in [0.25, 0.3) is 0 Å². The van der Waals surface area contributed by atoms with Crippen molar-refractivity contribution in [2.24, 2.45) is 11.7 Å². The molecule has 0 aliphatic carbocycles. The number of nitrogens with two attached hydrogens (primary N) is 1. The van der Waals surface area contributed by atoms with Crippen LogP contribution in [0.3, 0.4) is 0 Å². The van der Waals surface area contributed by atoms with Crippen LogP contribution in [0.5, 0.6) is 0 Å². The van der Waals surface area contributed by atoms with Crippen molar-refractivity contribution in [1.29, 1.82) is 0 Å². The summed E-state index contributed by atoms with van der Waals surface area (Å²) in [4.78, 5) is 7.24. The Hall–Kier alpha value is -0.450. The van der Waals surface area contributed by atoms with E-state index in [4.69, 9.17) is 5.73 Å². The van der Waals surface area contributed by atoms with Crippen molar-refractivity contribution in [1.82, 2.24) is 9.88 Å². The number of aromatic nitrogens is 1. The second-order valence-corrected chi connectivity index (χ2v) is 6.71. The molecule has 2 rings (SSSR count). The van der Waals surface area contributed by atoms with Crippen molar-refractivity contribution in [3.8, 4) is 0 Å². The van der Waals surface area contributed by atoms with Gasteiger partial charge >= 0.3 is 0 Å². The van der Waals surface area contributed by atoms with E-state index >= 15 is 0 Å². The number of hydrogen-bond donors (Lipinski definition) is 1. The molecule has 1 aromatic heterocycles. The molecular formula is C14H25N3S. The minimum Gasteiger partial charge on any atom is -0.326 e. The highest BCUT2D eigenvalue weighted by Crippen LogP contribution is 2.31. The molecule has 1 aromatic rings. The van der Waals surface area contributed by atoms with E-state index in [0.29, 0.717) is 12.0 Å². The monoisotopic (exact) mass is 267 g/mol. The summed E-state index contributed by atoms with van der Waals surface area (Å²) in [5, 5.41) is 3.35. The van der Waals surface area contributed by atoms with Gasteiger partial charge in [-0.2, -0.15) is 0 Å². The summed E-state index contributed by atoms with van der Waals surface area (Å²) in [5.41, 5.74) is 7.53. The van der Waals surface area contributed by atoms with Gasteiger partial charge in [-0.1, -0.05) is 20.3 Å². The number of nitrogens with zero attached hydrogens (tertiary/aromatic N) is 2. The van der Waals surface area contributed by atoms with Crippen LogP contribution in [0.4, 0.5) is 0 Å². The van der Waals surface area contributed by atoms with Crippen molar-refractivity contribution >= 4 is 11.3 Å². The normalized spacial score (nSPS) is 26.5. The Morgan fingerprint density at radius 2 is 2.28 bits per heavy atom. The van der Waals surface area contributed by atoms with Gasteiger partial charge in [-0.3, -0.25) is 4.90 Å². The smallest absolute Gasteiger partial charge is 0.112 e. The summed E-state index contributed by atoms with van der Waals surface area (Å²) in [6.45, 7) is 8.91. The molecule has 0 aromatic carbocycles. The highest BCUT2D eigenvalue weighted by molar-refractivity contribution is 7.09. The summed E-state index contributed by atoms with van der Waals surface area (Å²) in [5.74, 6) is 0.679. The maximum atomic E-state index is 6.41. The van der Waals surface area contributed by atoms with Gasteiger partial charge in [0.1, 0.15) is 5.01 Å². The fourth-order valence-corrected chi connectivity index (χ4v) is 3.79. The largest absolute Gasteiger partial charge is 0.326 e. The Kier molecular flexibility index (Phi) is 4.76. The van der Waals surface area contributed by atoms with E-state index in [0.717, 1.165) is 25.2 Å².